The summed E-state index contributed by atoms with van der Waals surface area (Å²) in [6, 6.07) is 6.79. The maximum Gasteiger partial charge on any atom is 0.200 e. The zero-order chi connectivity index (χ0) is 19.7. The Hall–Kier alpha value is -0.933. The maximum absolute atomic E-state index is 12.9. The lowest BCUT2D eigenvalue weighted by Crippen LogP contribution is -2.47. The van der Waals surface area contributed by atoms with E-state index in [0.29, 0.717) is 16.6 Å². The second kappa shape index (κ2) is 11.0. The second-order valence-corrected chi connectivity index (χ2v) is 14.0. The molecule has 3 heteroatoms. The molecule has 0 aliphatic rings. The number of allylic oxidation sites excluding steroid dienone is 2. The molecule has 0 aromatic heterocycles. The van der Waals surface area contributed by atoms with Crippen LogP contribution in [-0.2, 0) is 10.8 Å². The van der Waals surface area contributed by atoms with Gasteiger partial charge in [-0.3, -0.25) is 0 Å². The maximum atomic E-state index is 12.9. The molecule has 148 valence electrons. The zero-order valence-corrected chi connectivity index (χ0v) is 18.9. The van der Waals surface area contributed by atoms with Crippen molar-refractivity contribution in [1.82, 2.24) is 0 Å². The van der Waals surface area contributed by atoms with Crippen molar-refractivity contribution in [1.29, 1.82) is 0 Å². The topological polar surface area (TPSA) is 9.23 Å². The van der Waals surface area contributed by atoms with Crippen molar-refractivity contribution in [3.63, 3.8) is 0 Å². The number of unbranched alkanes of at least 4 members (excludes halogenated alkanes) is 1. The quantitative estimate of drug-likeness (QED) is 0.218. The van der Waals surface area contributed by atoms with E-state index in [9.17, 15) is 4.39 Å². The average molecular weight is 379 g/mol. The van der Waals surface area contributed by atoms with Crippen molar-refractivity contribution in [2.75, 3.05) is 6.61 Å². The van der Waals surface area contributed by atoms with E-state index in [4.69, 9.17) is 4.43 Å². The Labute approximate surface area is 162 Å². The molecular formula is C23H39FOSi. The van der Waals surface area contributed by atoms with Crippen LogP contribution in [0.1, 0.15) is 73.3 Å². The van der Waals surface area contributed by atoms with Gasteiger partial charge in [0.2, 0.25) is 0 Å². The fourth-order valence-corrected chi connectivity index (χ4v) is 9.77. The van der Waals surface area contributed by atoms with E-state index >= 15 is 0 Å². The molecule has 0 amide bonds. The predicted octanol–water partition coefficient (Wildman–Crippen LogP) is 7.68. The van der Waals surface area contributed by atoms with E-state index in [1.165, 1.54) is 24.1 Å². The SMILES string of the molecule is C/C(=C\Cc1ccc(F)cc1)CCCCO[Si](C(C)C)(C(C)C)C(C)C. The van der Waals surface area contributed by atoms with Crippen molar-refractivity contribution < 1.29 is 8.82 Å². The molecule has 26 heavy (non-hydrogen) atoms. The van der Waals surface area contributed by atoms with Gasteiger partial charge in [0.05, 0.1) is 0 Å². The minimum Gasteiger partial charge on any atom is -0.416 e. The Morgan fingerprint density at radius 2 is 1.50 bits per heavy atom. The van der Waals surface area contributed by atoms with Gasteiger partial charge in [0.25, 0.3) is 0 Å². The first kappa shape index (κ1) is 23.1. The van der Waals surface area contributed by atoms with E-state index in [1.54, 1.807) is 0 Å². The van der Waals surface area contributed by atoms with Gasteiger partial charge >= 0.3 is 0 Å². The molecule has 0 atom stereocenters. The summed E-state index contributed by atoms with van der Waals surface area (Å²) in [5.74, 6) is -0.168. The summed E-state index contributed by atoms with van der Waals surface area (Å²) in [5.41, 5.74) is 4.53. The van der Waals surface area contributed by atoms with Crippen LogP contribution in [0, 0.1) is 5.82 Å². The van der Waals surface area contributed by atoms with Crippen molar-refractivity contribution in [2.45, 2.75) is 90.8 Å². The molecule has 0 aliphatic carbocycles. The highest BCUT2D eigenvalue weighted by molar-refractivity contribution is 6.77. The van der Waals surface area contributed by atoms with Crippen LogP contribution in [0.3, 0.4) is 0 Å². The molecule has 1 nitrogen and oxygen atoms in total. The van der Waals surface area contributed by atoms with Crippen LogP contribution in [-0.4, -0.2) is 14.9 Å². The van der Waals surface area contributed by atoms with Crippen LogP contribution in [0.2, 0.25) is 16.6 Å². The Bertz CT molecular complexity index is 524. The number of halogens is 1. The monoisotopic (exact) mass is 378 g/mol. The predicted molar refractivity (Wildman–Crippen MR) is 115 cm³/mol. The molecule has 0 spiro atoms. The molecule has 0 unspecified atom stereocenters. The smallest absolute Gasteiger partial charge is 0.200 e. The van der Waals surface area contributed by atoms with Gasteiger partial charge in [-0.25, -0.2) is 4.39 Å². The van der Waals surface area contributed by atoms with Crippen LogP contribution in [0.25, 0.3) is 0 Å². The summed E-state index contributed by atoms with van der Waals surface area (Å²) < 4.78 is 19.6. The standard InChI is InChI=1S/C23H39FOSi/c1-18(2)26(19(3)4,20(5)6)25-17-9-8-10-21(7)11-12-22-13-15-23(24)16-14-22/h11,13-16,18-20H,8-10,12,17H2,1-7H3/b21-11+. The molecule has 0 aliphatic heterocycles. The summed E-state index contributed by atoms with van der Waals surface area (Å²) in [6.45, 7) is 17.1. The molecule has 1 aromatic carbocycles. The molecule has 0 saturated carbocycles. The third-order valence-corrected chi connectivity index (χ3v) is 11.7. The van der Waals surface area contributed by atoms with Crippen LogP contribution in [0.5, 0.6) is 0 Å². The van der Waals surface area contributed by atoms with Gasteiger partial charge in [0.15, 0.2) is 8.32 Å². The van der Waals surface area contributed by atoms with Crippen molar-refractivity contribution in [2.24, 2.45) is 0 Å². The number of hydrogen-bond donors (Lipinski definition) is 0. The fraction of sp³-hybridized carbons (Fsp3) is 0.652. The lowest BCUT2D eigenvalue weighted by molar-refractivity contribution is 0.269. The molecule has 0 bridgehead atoms. The third-order valence-electron chi connectivity index (χ3n) is 5.62. The Kier molecular flexibility index (Phi) is 9.81. The minimum atomic E-state index is -1.71. The van der Waals surface area contributed by atoms with Gasteiger partial charge in [0.1, 0.15) is 5.82 Å². The lowest BCUT2D eigenvalue weighted by atomic mass is 10.1. The van der Waals surface area contributed by atoms with Crippen LogP contribution >= 0.6 is 0 Å². The van der Waals surface area contributed by atoms with Gasteiger partial charge in [-0.2, -0.15) is 0 Å². The summed E-state index contributed by atoms with van der Waals surface area (Å²) in [7, 11) is -1.71. The highest BCUT2D eigenvalue weighted by Crippen LogP contribution is 2.42. The van der Waals surface area contributed by atoms with E-state index in [2.05, 4.69) is 54.5 Å². The normalized spacial score (nSPS) is 13.3. The summed E-state index contributed by atoms with van der Waals surface area (Å²) in [5, 5.41) is 0. The largest absolute Gasteiger partial charge is 0.416 e. The van der Waals surface area contributed by atoms with Gasteiger partial charge < -0.3 is 4.43 Å². The molecule has 0 heterocycles. The Balaban J connectivity index is 2.40. The first-order chi connectivity index (χ1) is 12.2. The zero-order valence-electron chi connectivity index (χ0n) is 17.9. The minimum absolute atomic E-state index is 0.168. The number of rotatable bonds is 11. The van der Waals surface area contributed by atoms with Crippen LogP contribution in [0.4, 0.5) is 4.39 Å². The first-order valence-corrected chi connectivity index (χ1v) is 12.4. The fourth-order valence-electron chi connectivity index (χ4n) is 4.27. The van der Waals surface area contributed by atoms with E-state index in [0.717, 1.165) is 31.4 Å². The molecule has 1 aromatic rings. The average Bonchev–Trinajstić information content (AvgIpc) is 2.56. The summed E-state index contributed by atoms with van der Waals surface area (Å²) in [6.07, 6.45) is 6.56. The van der Waals surface area contributed by atoms with Gasteiger partial charge in [-0.05, 0) is 66.9 Å². The van der Waals surface area contributed by atoms with Gasteiger partial charge in [-0.1, -0.05) is 65.3 Å². The molecule has 0 N–H and O–H groups in total. The van der Waals surface area contributed by atoms with Crippen LogP contribution in [0.15, 0.2) is 35.9 Å². The molecule has 1 rings (SSSR count). The third kappa shape index (κ3) is 6.66. The van der Waals surface area contributed by atoms with Crippen molar-refractivity contribution in [3.05, 3.63) is 47.3 Å². The number of benzene rings is 1. The lowest BCUT2D eigenvalue weighted by Gasteiger charge is -2.42. The molecular weight excluding hydrogens is 339 g/mol. The van der Waals surface area contributed by atoms with Crippen LogP contribution < -0.4 is 0 Å². The summed E-state index contributed by atoms with van der Waals surface area (Å²) in [4.78, 5) is 0. The highest BCUT2D eigenvalue weighted by Gasteiger charge is 2.44. The van der Waals surface area contributed by atoms with E-state index < -0.39 is 8.32 Å². The van der Waals surface area contributed by atoms with Crippen molar-refractivity contribution in [3.8, 4) is 0 Å². The Morgan fingerprint density at radius 1 is 0.962 bits per heavy atom. The Morgan fingerprint density at radius 3 is 2.00 bits per heavy atom. The second-order valence-electron chi connectivity index (χ2n) is 8.50. The van der Waals surface area contributed by atoms with E-state index in [1.807, 2.05) is 12.1 Å². The molecule has 0 saturated heterocycles. The van der Waals surface area contributed by atoms with Gasteiger partial charge in [0, 0.05) is 6.61 Å². The highest BCUT2D eigenvalue weighted by atomic mass is 28.4. The van der Waals surface area contributed by atoms with E-state index in [-0.39, 0.29) is 5.82 Å². The van der Waals surface area contributed by atoms with Crippen molar-refractivity contribution >= 4 is 8.32 Å². The first-order valence-electron chi connectivity index (χ1n) is 10.2. The summed E-state index contributed by atoms with van der Waals surface area (Å²) >= 11 is 0. The number of hydrogen-bond acceptors (Lipinski definition) is 1. The van der Waals surface area contributed by atoms with Gasteiger partial charge in [-0.15, -0.1) is 0 Å². The molecule has 0 fully saturated rings. The molecule has 0 radical (unpaired) electrons.